The number of H-pyrrole nitrogens is 3. The summed E-state index contributed by atoms with van der Waals surface area (Å²) < 4.78 is 0. The average Bonchev–Trinajstić information content (AvgIpc) is 3.32. The number of aromatic amines is 3. The highest BCUT2D eigenvalue weighted by Crippen LogP contribution is 2.31. The Morgan fingerprint density at radius 3 is 2.60 bits per heavy atom. The van der Waals surface area contributed by atoms with Crippen LogP contribution in [0.15, 0.2) is 52.1 Å². The number of nitrogens with zero attached hydrogens (tertiary/aromatic N) is 2. The van der Waals surface area contributed by atoms with E-state index in [2.05, 4.69) is 25.8 Å². The van der Waals surface area contributed by atoms with Gasteiger partial charge in [-0.3, -0.25) is 29.3 Å². The van der Waals surface area contributed by atoms with Gasteiger partial charge in [0.15, 0.2) is 5.82 Å². The molecule has 1 saturated heterocycles. The largest absolute Gasteiger partial charge is 0.352 e. The van der Waals surface area contributed by atoms with Gasteiger partial charge in [0.2, 0.25) is 5.91 Å². The van der Waals surface area contributed by atoms with Crippen LogP contribution in [0.5, 0.6) is 0 Å². The van der Waals surface area contributed by atoms with Crippen molar-refractivity contribution < 1.29 is 14.4 Å². The maximum absolute atomic E-state index is 12.9. The minimum Gasteiger partial charge on any atom is -0.352 e. The highest BCUT2D eigenvalue weighted by Gasteiger charge is 2.29. The van der Waals surface area contributed by atoms with E-state index in [1.807, 2.05) is 11.1 Å². The van der Waals surface area contributed by atoms with Crippen molar-refractivity contribution in [3.8, 4) is 0 Å². The fraction of sp³-hybridized carbons (Fsp3) is 0.304. The van der Waals surface area contributed by atoms with Crippen molar-refractivity contribution in [1.82, 2.24) is 30.4 Å². The van der Waals surface area contributed by atoms with Gasteiger partial charge in [-0.2, -0.15) is 5.10 Å². The van der Waals surface area contributed by atoms with Crippen LogP contribution < -0.4 is 21.9 Å². The normalized spacial score (nSPS) is 15.4. The number of carbonyl (C=O) groups excluding carboxylic acids is 3. The summed E-state index contributed by atoms with van der Waals surface area (Å²) in [5.41, 5.74) is -0.497. The minimum absolute atomic E-state index is 0.0932. The Kier molecular flexibility index (Phi) is 7.19. The fourth-order valence-corrected chi connectivity index (χ4v) is 4.02. The van der Waals surface area contributed by atoms with E-state index in [0.29, 0.717) is 17.8 Å². The van der Waals surface area contributed by atoms with Gasteiger partial charge in [-0.15, -0.1) is 0 Å². The second-order valence-corrected chi connectivity index (χ2v) is 8.13. The highest BCUT2D eigenvalue weighted by atomic mass is 16.2. The monoisotopic (exact) mass is 479 g/mol. The zero-order valence-electron chi connectivity index (χ0n) is 18.8. The number of anilines is 1. The number of rotatable bonds is 7. The quantitative estimate of drug-likeness (QED) is 0.337. The first-order chi connectivity index (χ1) is 16.9. The lowest BCUT2D eigenvalue weighted by molar-refractivity contribution is -0.135. The molecule has 0 spiro atoms. The van der Waals surface area contributed by atoms with Crippen LogP contribution in [0, 0.1) is 0 Å². The first kappa shape index (κ1) is 23.7. The number of aromatic nitrogens is 4. The zero-order chi connectivity index (χ0) is 24.8. The van der Waals surface area contributed by atoms with Crippen molar-refractivity contribution in [2.75, 3.05) is 18.4 Å². The number of hydrogen-bond donors (Lipinski definition) is 5. The number of carbonyl (C=O) groups is 3. The Hall–Kier alpha value is -4.48. The molecule has 5 N–H and O–H groups in total. The Labute approximate surface area is 199 Å². The van der Waals surface area contributed by atoms with Gasteiger partial charge in [-0.05, 0) is 31.4 Å². The van der Waals surface area contributed by atoms with Crippen LogP contribution in [0.25, 0.3) is 0 Å². The van der Waals surface area contributed by atoms with Crippen LogP contribution in [0.2, 0.25) is 0 Å². The number of nitrogens with one attached hydrogen (secondary N) is 5. The van der Waals surface area contributed by atoms with E-state index in [-0.39, 0.29) is 42.3 Å². The zero-order valence-corrected chi connectivity index (χ0v) is 18.8. The molecule has 2 aromatic heterocycles. The summed E-state index contributed by atoms with van der Waals surface area (Å²) in [5.74, 6) is -0.829. The summed E-state index contributed by atoms with van der Waals surface area (Å²) >= 11 is 0. The Morgan fingerprint density at radius 1 is 1.03 bits per heavy atom. The molecular weight excluding hydrogens is 454 g/mol. The van der Waals surface area contributed by atoms with Crippen molar-refractivity contribution in [1.29, 1.82) is 0 Å². The molecule has 0 saturated carbocycles. The second kappa shape index (κ2) is 10.6. The predicted octanol–water partition coefficient (Wildman–Crippen LogP) is 0.912. The number of likely N-dealkylation sites (tertiary alicyclic amines) is 1. The molecule has 3 aromatic rings. The van der Waals surface area contributed by atoms with Crippen molar-refractivity contribution in [3.63, 3.8) is 0 Å². The summed E-state index contributed by atoms with van der Waals surface area (Å²) in [6, 6.07) is 11.1. The Balaban J connectivity index is 1.37. The first-order valence-electron chi connectivity index (χ1n) is 11.2. The topological polar surface area (TPSA) is 173 Å². The fourth-order valence-electron chi connectivity index (χ4n) is 4.02. The lowest BCUT2D eigenvalue weighted by Gasteiger charge is -2.35. The summed E-state index contributed by atoms with van der Waals surface area (Å²) in [6.45, 7) is 0.791. The van der Waals surface area contributed by atoms with Gasteiger partial charge < -0.3 is 20.5 Å². The molecule has 1 aromatic carbocycles. The molecule has 35 heavy (non-hydrogen) atoms. The lowest BCUT2D eigenvalue weighted by atomic mass is 9.99. The van der Waals surface area contributed by atoms with Crippen LogP contribution >= 0.6 is 0 Å². The van der Waals surface area contributed by atoms with Crippen LogP contribution in [0.1, 0.15) is 58.3 Å². The molecule has 1 aliphatic rings. The Morgan fingerprint density at radius 2 is 1.83 bits per heavy atom. The highest BCUT2D eigenvalue weighted by molar-refractivity contribution is 6.02. The van der Waals surface area contributed by atoms with Gasteiger partial charge >= 0.3 is 5.69 Å². The van der Waals surface area contributed by atoms with Gasteiger partial charge in [-0.1, -0.05) is 18.2 Å². The van der Waals surface area contributed by atoms with Gasteiger partial charge in [0.1, 0.15) is 5.69 Å². The lowest BCUT2D eigenvalue weighted by Crippen LogP contribution is -2.40. The summed E-state index contributed by atoms with van der Waals surface area (Å²) in [6.07, 6.45) is 2.67. The standard InChI is InChI=1S/C23H25N7O5/c31-19-13-16(25-23(35)27-19)22(34)26-18-12-15(28-29-18)17-8-4-5-11-30(17)20(32)9-10-24-21(33)14-6-2-1-3-7-14/h1-3,6-7,12-13,17H,4-5,8-11H2,(H,24,33)(H2,25,27,31,35)(H2,26,28,29,34)/t17-/m1/s1. The summed E-state index contributed by atoms with van der Waals surface area (Å²) in [7, 11) is 0. The molecule has 4 rings (SSSR count). The van der Waals surface area contributed by atoms with Gasteiger partial charge in [0.05, 0.1) is 11.7 Å². The molecule has 0 bridgehead atoms. The number of benzene rings is 1. The minimum atomic E-state index is -0.790. The molecule has 182 valence electrons. The smallest absolute Gasteiger partial charge is 0.326 e. The molecule has 3 amide bonds. The van der Waals surface area contributed by atoms with E-state index in [4.69, 9.17) is 0 Å². The molecule has 3 heterocycles. The van der Waals surface area contributed by atoms with Crippen molar-refractivity contribution in [2.24, 2.45) is 0 Å². The molecule has 12 nitrogen and oxygen atoms in total. The van der Waals surface area contributed by atoms with Gasteiger partial charge in [0, 0.05) is 37.2 Å². The Bertz CT molecular complexity index is 1300. The van der Waals surface area contributed by atoms with E-state index in [9.17, 15) is 24.0 Å². The third kappa shape index (κ3) is 5.91. The van der Waals surface area contributed by atoms with Crippen molar-refractivity contribution in [3.05, 3.63) is 80.3 Å². The van der Waals surface area contributed by atoms with E-state index >= 15 is 0 Å². The van der Waals surface area contributed by atoms with Crippen LogP contribution in [0.4, 0.5) is 5.82 Å². The van der Waals surface area contributed by atoms with Gasteiger partial charge in [0.25, 0.3) is 17.4 Å². The molecule has 0 unspecified atom stereocenters. The SMILES string of the molecule is O=C(NCCC(=O)N1CCCC[C@@H]1c1cc(NC(=O)c2cc(=O)[nH]c(=O)[nH]2)n[nH]1)c1ccccc1. The second-order valence-electron chi connectivity index (χ2n) is 8.13. The molecule has 0 radical (unpaired) electrons. The number of piperidine rings is 1. The van der Waals surface area contributed by atoms with Crippen LogP contribution in [-0.4, -0.2) is 55.9 Å². The van der Waals surface area contributed by atoms with Crippen molar-refractivity contribution >= 4 is 23.5 Å². The molecule has 1 atom stereocenters. The van der Waals surface area contributed by atoms with E-state index in [1.165, 1.54) is 0 Å². The van der Waals surface area contributed by atoms with Crippen molar-refractivity contribution in [2.45, 2.75) is 31.7 Å². The average molecular weight is 479 g/mol. The summed E-state index contributed by atoms with van der Waals surface area (Å²) in [4.78, 5) is 66.3. The number of amides is 3. The summed E-state index contributed by atoms with van der Waals surface area (Å²) in [5, 5.41) is 12.2. The number of hydrogen-bond acceptors (Lipinski definition) is 6. The maximum atomic E-state index is 12.9. The molecule has 1 fully saturated rings. The molecule has 1 aliphatic heterocycles. The first-order valence-corrected chi connectivity index (χ1v) is 11.2. The van der Waals surface area contributed by atoms with Crippen LogP contribution in [0.3, 0.4) is 0 Å². The predicted molar refractivity (Wildman–Crippen MR) is 126 cm³/mol. The van der Waals surface area contributed by atoms with E-state index in [1.54, 1.807) is 35.2 Å². The van der Waals surface area contributed by atoms with E-state index < -0.39 is 17.2 Å². The maximum Gasteiger partial charge on any atom is 0.326 e. The third-order valence-corrected chi connectivity index (χ3v) is 5.69. The van der Waals surface area contributed by atoms with E-state index in [0.717, 1.165) is 25.3 Å². The van der Waals surface area contributed by atoms with Crippen LogP contribution in [-0.2, 0) is 4.79 Å². The third-order valence-electron chi connectivity index (χ3n) is 5.69. The molecule has 12 heteroatoms. The molecular formula is C23H25N7O5. The van der Waals surface area contributed by atoms with Gasteiger partial charge in [-0.25, -0.2) is 4.79 Å². The molecule has 0 aliphatic carbocycles.